The van der Waals surface area contributed by atoms with Gasteiger partial charge in [-0.25, -0.2) is 0 Å². The maximum Gasteiger partial charge on any atom is 0.165 e. The maximum absolute atomic E-state index is 6.41. The second-order valence-corrected chi connectivity index (χ2v) is 7.05. The molecular weight excluding hydrogens is 345 g/mol. The lowest BCUT2D eigenvalue weighted by molar-refractivity contribution is 0.166. The van der Waals surface area contributed by atoms with Crippen LogP contribution in [0.15, 0.2) is 30.3 Å². The summed E-state index contributed by atoms with van der Waals surface area (Å²) in [5.74, 6) is 2.05. The zero-order valence-corrected chi connectivity index (χ0v) is 15.0. The number of piperidine rings is 1. The van der Waals surface area contributed by atoms with Crippen molar-refractivity contribution >= 4 is 23.2 Å². The van der Waals surface area contributed by atoms with Crippen molar-refractivity contribution in [2.24, 2.45) is 0 Å². The Labute approximate surface area is 151 Å². The molecule has 2 aromatic carbocycles. The third-order valence-electron chi connectivity index (χ3n) is 4.71. The van der Waals surface area contributed by atoms with E-state index in [-0.39, 0.29) is 6.10 Å². The molecule has 0 aromatic heterocycles. The summed E-state index contributed by atoms with van der Waals surface area (Å²) in [5, 5.41) is 4.74. The minimum Gasteiger partial charge on any atom is -0.490 e. The zero-order chi connectivity index (χ0) is 16.7. The average molecular weight is 364 g/mol. The van der Waals surface area contributed by atoms with Gasteiger partial charge in [0.15, 0.2) is 11.5 Å². The van der Waals surface area contributed by atoms with Gasteiger partial charge in [-0.05, 0) is 49.7 Å². The molecule has 5 heteroatoms. The van der Waals surface area contributed by atoms with E-state index in [1.165, 1.54) is 5.56 Å². The van der Waals surface area contributed by atoms with Crippen LogP contribution in [0, 0.1) is 0 Å². The van der Waals surface area contributed by atoms with Crippen LogP contribution in [0.2, 0.25) is 10.0 Å². The van der Waals surface area contributed by atoms with Gasteiger partial charge in [0.05, 0.1) is 6.61 Å². The van der Waals surface area contributed by atoms with E-state index in [2.05, 4.69) is 11.4 Å². The predicted octanol–water partition coefficient (Wildman–Crippen LogP) is 4.90. The standard InChI is InChI=1S/C19H19Cl2NO2/c1-2-23-18-8-11(13-4-3-12(20)9-16(13)21)7-14-15-10-22-6-5-17(15)24-19(14)18/h3-4,7-9,15,17,22H,2,5-6,10H2,1H3. The highest BCUT2D eigenvalue weighted by atomic mass is 35.5. The molecule has 126 valence electrons. The molecule has 0 radical (unpaired) electrons. The molecule has 2 aliphatic rings. The summed E-state index contributed by atoms with van der Waals surface area (Å²) in [6, 6.07) is 9.78. The van der Waals surface area contributed by atoms with E-state index in [1.54, 1.807) is 6.07 Å². The van der Waals surface area contributed by atoms with Crippen molar-refractivity contribution in [3.63, 3.8) is 0 Å². The van der Waals surface area contributed by atoms with Crippen molar-refractivity contribution in [3.05, 3.63) is 45.9 Å². The number of benzene rings is 2. The molecule has 2 aliphatic heterocycles. The van der Waals surface area contributed by atoms with Crippen molar-refractivity contribution in [2.75, 3.05) is 19.7 Å². The molecule has 1 N–H and O–H groups in total. The number of hydrogen-bond donors (Lipinski definition) is 1. The Morgan fingerprint density at radius 3 is 2.92 bits per heavy atom. The third kappa shape index (κ3) is 2.75. The quantitative estimate of drug-likeness (QED) is 0.841. The van der Waals surface area contributed by atoms with Gasteiger partial charge in [0.2, 0.25) is 0 Å². The van der Waals surface area contributed by atoms with Gasteiger partial charge in [-0.2, -0.15) is 0 Å². The normalized spacial score (nSPS) is 21.8. The highest BCUT2D eigenvalue weighted by Crippen LogP contribution is 2.48. The Balaban J connectivity index is 1.83. The summed E-state index contributed by atoms with van der Waals surface area (Å²) in [7, 11) is 0. The van der Waals surface area contributed by atoms with Gasteiger partial charge < -0.3 is 14.8 Å². The van der Waals surface area contributed by atoms with Crippen molar-refractivity contribution in [1.82, 2.24) is 5.32 Å². The lowest BCUT2D eigenvalue weighted by atomic mass is 9.89. The molecule has 0 spiro atoms. The molecular formula is C19H19Cl2NO2. The van der Waals surface area contributed by atoms with Gasteiger partial charge in [0.25, 0.3) is 0 Å². The largest absolute Gasteiger partial charge is 0.490 e. The monoisotopic (exact) mass is 363 g/mol. The first-order valence-electron chi connectivity index (χ1n) is 8.31. The first-order chi connectivity index (χ1) is 11.7. The Hall–Kier alpha value is -1.42. The van der Waals surface area contributed by atoms with Crippen molar-refractivity contribution in [3.8, 4) is 22.6 Å². The molecule has 1 saturated heterocycles. The van der Waals surface area contributed by atoms with E-state index in [0.29, 0.717) is 22.6 Å². The molecule has 24 heavy (non-hydrogen) atoms. The van der Waals surface area contributed by atoms with Crippen LogP contribution in [-0.4, -0.2) is 25.8 Å². The molecule has 2 atom stereocenters. The van der Waals surface area contributed by atoms with Crippen LogP contribution in [-0.2, 0) is 0 Å². The molecule has 0 saturated carbocycles. The highest BCUT2D eigenvalue weighted by Gasteiger charge is 2.38. The topological polar surface area (TPSA) is 30.5 Å². The van der Waals surface area contributed by atoms with Gasteiger partial charge in [-0.15, -0.1) is 0 Å². The maximum atomic E-state index is 6.41. The van der Waals surface area contributed by atoms with Crippen molar-refractivity contribution in [2.45, 2.75) is 25.4 Å². The minimum atomic E-state index is 0.233. The van der Waals surface area contributed by atoms with E-state index in [4.69, 9.17) is 32.7 Å². The number of rotatable bonds is 3. The van der Waals surface area contributed by atoms with Crippen LogP contribution in [0.3, 0.4) is 0 Å². The first kappa shape index (κ1) is 16.1. The lowest BCUT2D eigenvalue weighted by Gasteiger charge is -2.24. The van der Waals surface area contributed by atoms with E-state index in [0.717, 1.165) is 42.1 Å². The van der Waals surface area contributed by atoms with Gasteiger partial charge in [-0.1, -0.05) is 29.3 Å². The highest BCUT2D eigenvalue weighted by molar-refractivity contribution is 6.36. The number of ether oxygens (including phenoxy) is 2. The van der Waals surface area contributed by atoms with Gasteiger partial charge >= 0.3 is 0 Å². The second-order valence-electron chi connectivity index (χ2n) is 6.21. The summed E-state index contributed by atoms with van der Waals surface area (Å²) in [6.45, 7) is 4.51. The third-order valence-corrected chi connectivity index (χ3v) is 5.26. The van der Waals surface area contributed by atoms with E-state index < -0.39 is 0 Å². The van der Waals surface area contributed by atoms with E-state index >= 15 is 0 Å². The number of hydrogen-bond acceptors (Lipinski definition) is 3. The Kier molecular flexibility index (Phi) is 4.33. The smallest absolute Gasteiger partial charge is 0.165 e. The van der Waals surface area contributed by atoms with Gasteiger partial charge in [0.1, 0.15) is 6.10 Å². The molecule has 0 aliphatic carbocycles. The molecule has 0 amide bonds. The van der Waals surface area contributed by atoms with Crippen molar-refractivity contribution in [1.29, 1.82) is 0 Å². The first-order valence-corrected chi connectivity index (χ1v) is 9.06. The zero-order valence-electron chi connectivity index (χ0n) is 13.4. The summed E-state index contributed by atoms with van der Waals surface area (Å²) >= 11 is 12.4. The molecule has 3 nitrogen and oxygen atoms in total. The van der Waals surface area contributed by atoms with Crippen molar-refractivity contribution < 1.29 is 9.47 Å². The summed E-state index contributed by atoms with van der Waals surface area (Å²) in [4.78, 5) is 0. The number of fused-ring (bicyclic) bond motifs is 3. The molecule has 2 heterocycles. The van der Waals surface area contributed by atoms with Gasteiger partial charge in [-0.3, -0.25) is 0 Å². The molecule has 4 rings (SSSR count). The fourth-order valence-corrected chi connectivity index (χ4v) is 4.12. The second kappa shape index (κ2) is 6.47. The Morgan fingerprint density at radius 2 is 2.12 bits per heavy atom. The number of nitrogens with one attached hydrogen (secondary N) is 1. The summed E-state index contributed by atoms with van der Waals surface area (Å²) in [6.07, 6.45) is 1.25. The summed E-state index contributed by atoms with van der Waals surface area (Å²) < 4.78 is 12.1. The summed E-state index contributed by atoms with van der Waals surface area (Å²) in [5.41, 5.74) is 3.20. The van der Waals surface area contributed by atoms with E-state index in [1.807, 2.05) is 25.1 Å². The lowest BCUT2D eigenvalue weighted by Crippen LogP contribution is -2.37. The van der Waals surface area contributed by atoms with E-state index in [9.17, 15) is 0 Å². The van der Waals surface area contributed by atoms with Crippen LogP contribution in [0.5, 0.6) is 11.5 Å². The molecule has 2 aromatic rings. The molecule has 2 unspecified atom stereocenters. The van der Waals surface area contributed by atoms with Gasteiger partial charge in [0, 0.05) is 33.6 Å². The average Bonchev–Trinajstić information content (AvgIpc) is 2.94. The Bertz CT molecular complexity index is 778. The fourth-order valence-electron chi connectivity index (χ4n) is 3.60. The van der Waals surface area contributed by atoms with Crippen LogP contribution in [0.4, 0.5) is 0 Å². The fraction of sp³-hybridized carbons (Fsp3) is 0.368. The predicted molar refractivity (Wildman–Crippen MR) is 97.7 cm³/mol. The Morgan fingerprint density at radius 1 is 1.25 bits per heavy atom. The molecule has 1 fully saturated rings. The van der Waals surface area contributed by atoms with Crippen LogP contribution in [0.1, 0.15) is 24.8 Å². The van der Waals surface area contributed by atoms with Crippen LogP contribution in [0.25, 0.3) is 11.1 Å². The number of halogens is 2. The molecule has 0 bridgehead atoms. The van der Waals surface area contributed by atoms with Crippen LogP contribution >= 0.6 is 23.2 Å². The van der Waals surface area contributed by atoms with Crippen LogP contribution < -0.4 is 14.8 Å². The minimum absolute atomic E-state index is 0.233. The SMILES string of the molecule is CCOc1cc(-c2ccc(Cl)cc2Cl)cc2c1OC1CCNCC21.